The second kappa shape index (κ2) is 5.75. The van der Waals surface area contributed by atoms with Crippen LogP contribution in [0.5, 0.6) is 0 Å². The molecule has 3 nitrogen and oxygen atoms in total. The number of halogens is 1. The SMILES string of the molecule is C/C=C\C=C(\Br)Cc1n[nH]nc1CC. The summed E-state index contributed by atoms with van der Waals surface area (Å²) < 4.78 is 1.11. The van der Waals surface area contributed by atoms with Gasteiger partial charge in [0, 0.05) is 10.9 Å². The van der Waals surface area contributed by atoms with Crippen molar-refractivity contribution in [2.24, 2.45) is 0 Å². The molecule has 0 saturated heterocycles. The maximum absolute atomic E-state index is 4.10. The number of aryl methyl sites for hydroxylation is 1. The van der Waals surface area contributed by atoms with Gasteiger partial charge in [-0.1, -0.05) is 41.1 Å². The highest BCUT2D eigenvalue weighted by atomic mass is 79.9. The van der Waals surface area contributed by atoms with E-state index in [-0.39, 0.29) is 0 Å². The number of nitrogens with zero attached hydrogens (tertiary/aromatic N) is 2. The van der Waals surface area contributed by atoms with Crippen LogP contribution in [0.3, 0.4) is 0 Å². The summed E-state index contributed by atoms with van der Waals surface area (Å²) in [5.41, 5.74) is 2.05. The van der Waals surface area contributed by atoms with Gasteiger partial charge in [-0.3, -0.25) is 0 Å². The molecule has 0 saturated carbocycles. The monoisotopic (exact) mass is 255 g/mol. The van der Waals surface area contributed by atoms with Gasteiger partial charge >= 0.3 is 0 Å². The number of H-pyrrole nitrogens is 1. The minimum Gasteiger partial charge on any atom is -0.197 e. The van der Waals surface area contributed by atoms with Crippen LogP contribution in [0.15, 0.2) is 22.7 Å². The van der Waals surface area contributed by atoms with Gasteiger partial charge in [0.1, 0.15) is 0 Å². The van der Waals surface area contributed by atoms with Crippen LogP contribution in [0.2, 0.25) is 0 Å². The summed E-state index contributed by atoms with van der Waals surface area (Å²) in [6, 6.07) is 0. The molecular weight excluding hydrogens is 242 g/mol. The molecule has 0 aromatic carbocycles. The third kappa shape index (κ3) is 3.10. The number of hydrogen-bond donors (Lipinski definition) is 1. The molecule has 1 heterocycles. The fraction of sp³-hybridized carbons (Fsp3) is 0.400. The van der Waals surface area contributed by atoms with Crippen LogP contribution >= 0.6 is 15.9 Å². The van der Waals surface area contributed by atoms with Gasteiger partial charge in [-0.2, -0.15) is 15.4 Å². The molecule has 0 bridgehead atoms. The Morgan fingerprint density at radius 3 is 2.79 bits per heavy atom. The maximum Gasteiger partial charge on any atom is 0.0905 e. The molecule has 0 spiro atoms. The van der Waals surface area contributed by atoms with Crippen molar-refractivity contribution in [3.05, 3.63) is 34.1 Å². The van der Waals surface area contributed by atoms with Crippen molar-refractivity contribution >= 4 is 15.9 Å². The Balaban J connectivity index is 2.68. The fourth-order valence-corrected chi connectivity index (χ4v) is 1.54. The van der Waals surface area contributed by atoms with E-state index in [4.69, 9.17) is 0 Å². The maximum atomic E-state index is 4.10. The van der Waals surface area contributed by atoms with Gasteiger partial charge in [0.2, 0.25) is 0 Å². The first-order valence-corrected chi connectivity index (χ1v) is 5.43. The Hall–Kier alpha value is -0.900. The third-order valence-electron chi connectivity index (χ3n) is 1.84. The average Bonchev–Trinajstić information content (AvgIpc) is 2.62. The first-order chi connectivity index (χ1) is 6.77. The molecule has 14 heavy (non-hydrogen) atoms. The summed E-state index contributed by atoms with van der Waals surface area (Å²) in [4.78, 5) is 0. The first-order valence-electron chi connectivity index (χ1n) is 4.63. The van der Waals surface area contributed by atoms with E-state index in [1.807, 2.05) is 25.2 Å². The average molecular weight is 256 g/mol. The van der Waals surface area contributed by atoms with E-state index in [2.05, 4.69) is 38.3 Å². The number of aromatic nitrogens is 3. The highest BCUT2D eigenvalue weighted by Gasteiger charge is 2.05. The molecule has 4 heteroatoms. The molecule has 0 fully saturated rings. The quantitative estimate of drug-likeness (QED) is 0.841. The van der Waals surface area contributed by atoms with Crippen molar-refractivity contribution in [1.82, 2.24) is 15.4 Å². The van der Waals surface area contributed by atoms with Crippen LogP contribution in [-0.2, 0) is 12.8 Å². The van der Waals surface area contributed by atoms with Crippen LogP contribution in [0, 0.1) is 0 Å². The van der Waals surface area contributed by atoms with Crippen molar-refractivity contribution in [2.75, 3.05) is 0 Å². The van der Waals surface area contributed by atoms with E-state index in [1.165, 1.54) is 0 Å². The number of hydrogen-bond acceptors (Lipinski definition) is 2. The van der Waals surface area contributed by atoms with Crippen molar-refractivity contribution in [2.45, 2.75) is 26.7 Å². The molecule has 0 amide bonds. The molecule has 1 aromatic heterocycles. The zero-order valence-corrected chi connectivity index (χ0v) is 10.0. The van der Waals surface area contributed by atoms with Gasteiger partial charge in [0.25, 0.3) is 0 Å². The normalized spacial score (nSPS) is 12.6. The Bertz CT molecular complexity index is 339. The lowest BCUT2D eigenvalue weighted by Gasteiger charge is -1.96. The van der Waals surface area contributed by atoms with Gasteiger partial charge < -0.3 is 0 Å². The summed E-state index contributed by atoms with van der Waals surface area (Å²) in [7, 11) is 0. The van der Waals surface area contributed by atoms with Gasteiger partial charge in [0.05, 0.1) is 11.4 Å². The largest absolute Gasteiger partial charge is 0.197 e. The Labute approximate surface area is 92.4 Å². The number of allylic oxidation sites excluding steroid dienone is 4. The number of aromatic amines is 1. The smallest absolute Gasteiger partial charge is 0.0905 e. The molecule has 76 valence electrons. The Kier molecular flexibility index (Phi) is 4.59. The van der Waals surface area contributed by atoms with E-state index in [0.29, 0.717) is 0 Å². The van der Waals surface area contributed by atoms with E-state index < -0.39 is 0 Å². The standard InChI is InChI=1S/C10H14BrN3/c1-3-5-6-8(11)7-10-9(4-2)12-14-13-10/h3,5-6H,4,7H2,1-2H3,(H,12,13,14)/b5-3-,8-6+. The Morgan fingerprint density at radius 1 is 1.43 bits per heavy atom. The minimum absolute atomic E-state index is 0.796. The molecular formula is C10H14BrN3. The summed E-state index contributed by atoms with van der Waals surface area (Å²) in [5.74, 6) is 0. The van der Waals surface area contributed by atoms with Crippen LogP contribution in [-0.4, -0.2) is 15.4 Å². The number of nitrogens with one attached hydrogen (secondary N) is 1. The fourth-order valence-electron chi connectivity index (χ4n) is 1.12. The zero-order valence-electron chi connectivity index (χ0n) is 8.42. The predicted molar refractivity (Wildman–Crippen MR) is 61.3 cm³/mol. The molecule has 0 aliphatic rings. The zero-order chi connectivity index (χ0) is 10.4. The molecule has 1 aromatic rings. The predicted octanol–water partition coefficient (Wildman–Crippen LogP) is 2.76. The van der Waals surface area contributed by atoms with Gasteiger partial charge in [-0.25, -0.2) is 0 Å². The third-order valence-corrected chi connectivity index (χ3v) is 2.39. The summed E-state index contributed by atoms with van der Waals surface area (Å²) >= 11 is 3.49. The van der Waals surface area contributed by atoms with E-state index >= 15 is 0 Å². The van der Waals surface area contributed by atoms with Crippen molar-refractivity contribution in [3.63, 3.8) is 0 Å². The van der Waals surface area contributed by atoms with E-state index in [9.17, 15) is 0 Å². The Morgan fingerprint density at radius 2 is 2.14 bits per heavy atom. The van der Waals surface area contributed by atoms with Gasteiger partial charge in [-0.05, 0) is 13.3 Å². The second-order valence-electron chi connectivity index (χ2n) is 2.89. The molecule has 0 atom stereocenters. The lowest BCUT2D eigenvalue weighted by atomic mass is 10.2. The minimum atomic E-state index is 0.796. The first kappa shape index (κ1) is 11.2. The van der Waals surface area contributed by atoms with Crippen molar-refractivity contribution < 1.29 is 0 Å². The highest BCUT2D eigenvalue weighted by Crippen LogP contribution is 2.14. The van der Waals surface area contributed by atoms with Crippen LogP contribution in [0.1, 0.15) is 25.2 Å². The molecule has 1 N–H and O–H groups in total. The lowest BCUT2D eigenvalue weighted by molar-refractivity contribution is 0.904. The second-order valence-corrected chi connectivity index (χ2v) is 3.91. The number of rotatable bonds is 4. The summed E-state index contributed by atoms with van der Waals surface area (Å²) in [6.45, 7) is 4.06. The summed E-state index contributed by atoms with van der Waals surface area (Å²) in [6.07, 6.45) is 7.72. The molecule has 0 aliphatic heterocycles. The molecule has 0 radical (unpaired) electrons. The van der Waals surface area contributed by atoms with Crippen LogP contribution < -0.4 is 0 Å². The van der Waals surface area contributed by atoms with E-state index in [0.717, 1.165) is 28.7 Å². The van der Waals surface area contributed by atoms with E-state index in [1.54, 1.807) is 0 Å². The van der Waals surface area contributed by atoms with Gasteiger partial charge in [0.15, 0.2) is 0 Å². The molecule has 0 unspecified atom stereocenters. The highest BCUT2D eigenvalue weighted by molar-refractivity contribution is 9.11. The van der Waals surface area contributed by atoms with Crippen molar-refractivity contribution in [1.29, 1.82) is 0 Å². The van der Waals surface area contributed by atoms with Gasteiger partial charge in [-0.15, -0.1) is 0 Å². The van der Waals surface area contributed by atoms with Crippen LogP contribution in [0.4, 0.5) is 0 Å². The topological polar surface area (TPSA) is 41.6 Å². The molecule has 1 rings (SSSR count). The lowest BCUT2D eigenvalue weighted by Crippen LogP contribution is -1.91. The van der Waals surface area contributed by atoms with Crippen LogP contribution in [0.25, 0.3) is 0 Å². The summed E-state index contributed by atoms with van der Waals surface area (Å²) in [5, 5.41) is 10.8. The molecule has 0 aliphatic carbocycles. The van der Waals surface area contributed by atoms with Crippen molar-refractivity contribution in [3.8, 4) is 0 Å².